The van der Waals surface area contributed by atoms with Crippen LogP contribution in [0.5, 0.6) is 0 Å². The van der Waals surface area contributed by atoms with Crippen molar-refractivity contribution in [2.45, 2.75) is 5.92 Å². The maximum atomic E-state index is 13.1. The molecule has 1 aromatic heterocycles. The highest BCUT2D eigenvalue weighted by molar-refractivity contribution is 5.71. The van der Waals surface area contributed by atoms with E-state index in [2.05, 4.69) is 5.32 Å². The molecule has 0 radical (unpaired) electrons. The van der Waals surface area contributed by atoms with Crippen molar-refractivity contribution >= 4 is 23.7 Å². The molecule has 0 amide bonds. The number of aromatic nitrogens is 2. The molecule has 0 atom stereocenters. The van der Waals surface area contributed by atoms with Gasteiger partial charge in [0.2, 0.25) is 0 Å². The third kappa shape index (κ3) is 3.11. The van der Waals surface area contributed by atoms with Gasteiger partial charge in [-0.2, -0.15) is 0 Å². The van der Waals surface area contributed by atoms with E-state index < -0.39 is 0 Å². The number of rotatable bonds is 3. The number of hydrogen-bond donors (Lipinski definition) is 1. The van der Waals surface area contributed by atoms with Crippen LogP contribution in [0.2, 0.25) is 0 Å². The van der Waals surface area contributed by atoms with Crippen molar-refractivity contribution in [3.05, 3.63) is 104 Å². The minimum absolute atomic E-state index is 0.260. The van der Waals surface area contributed by atoms with Gasteiger partial charge in [-0.1, -0.05) is 66.8 Å². The molecule has 0 aliphatic heterocycles. The first-order valence-electron chi connectivity index (χ1n) is 9.13. The van der Waals surface area contributed by atoms with Gasteiger partial charge in [0.1, 0.15) is 5.82 Å². The third-order valence-electron chi connectivity index (χ3n) is 5.03. The van der Waals surface area contributed by atoms with Gasteiger partial charge in [-0.15, -0.1) is 0 Å². The third-order valence-corrected chi connectivity index (χ3v) is 5.03. The fraction of sp³-hybridized carbons (Fsp3) is 0.130. The lowest BCUT2D eigenvalue weighted by Gasteiger charge is -2.19. The summed E-state index contributed by atoms with van der Waals surface area (Å²) >= 11 is 0. The molecule has 1 aliphatic carbocycles. The van der Waals surface area contributed by atoms with E-state index in [1.54, 1.807) is 7.05 Å². The minimum atomic E-state index is -0.364. The quantitative estimate of drug-likeness (QED) is 0.765. The Morgan fingerprint density at radius 3 is 1.96 bits per heavy atom. The topological polar surface area (TPSA) is 56.0 Å². The number of hydrogen-bond acceptors (Lipinski definition) is 3. The van der Waals surface area contributed by atoms with E-state index in [1.807, 2.05) is 78.9 Å². The Bertz CT molecular complexity index is 1170. The number of fused-ring (bicyclic) bond motifs is 1. The molecule has 2 aromatic carbocycles. The average Bonchev–Trinajstić information content (AvgIpc) is 2.94. The van der Waals surface area contributed by atoms with Crippen molar-refractivity contribution in [2.75, 3.05) is 5.32 Å². The number of para-hydroxylation sites is 1. The summed E-state index contributed by atoms with van der Waals surface area (Å²) in [7, 11) is 3.19. The van der Waals surface area contributed by atoms with Gasteiger partial charge in [0.15, 0.2) is 0 Å². The van der Waals surface area contributed by atoms with Crippen molar-refractivity contribution < 1.29 is 0 Å². The van der Waals surface area contributed by atoms with Crippen molar-refractivity contribution in [1.82, 2.24) is 9.13 Å². The van der Waals surface area contributed by atoms with Gasteiger partial charge in [0, 0.05) is 25.7 Å². The molecule has 0 spiro atoms. The molecule has 5 heteroatoms. The lowest BCUT2D eigenvalue weighted by Crippen LogP contribution is -2.40. The molecule has 0 unspecified atom stereocenters. The van der Waals surface area contributed by atoms with Crippen LogP contribution >= 0.6 is 0 Å². The largest absolute Gasteiger partial charge is 0.341 e. The summed E-state index contributed by atoms with van der Waals surface area (Å²) in [5, 5.41) is 3.27. The Morgan fingerprint density at radius 1 is 0.786 bits per heavy atom. The molecule has 0 fully saturated rings. The van der Waals surface area contributed by atoms with Gasteiger partial charge < -0.3 is 5.32 Å². The van der Waals surface area contributed by atoms with Gasteiger partial charge in [0.25, 0.3) is 5.56 Å². The highest BCUT2D eigenvalue weighted by Gasteiger charge is 2.22. The predicted octanol–water partition coefficient (Wildman–Crippen LogP) is 3.65. The van der Waals surface area contributed by atoms with Gasteiger partial charge >= 0.3 is 5.69 Å². The molecular formula is C23H21N3O2. The zero-order chi connectivity index (χ0) is 19.7. The second kappa shape index (κ2) is 7.19. The van der Waals surface area contributed by atoms with Gasteiger partial charge in [0.05, 0.1) is 5.56 Å². The normalized spacial score (nSPS) is 13.2. The van der Waals surface area contributed by atoms with Crippen LogP contribution in [0.3, 0.4) is 0 Å². The predicted molar refractivity (Wildman–Crippen MR) is 114 cm³/mol. The van der Waals surface area contributed by atoms with E-state index in [9.17, 15) is 9.59 Å². The van der Waals surface area contributed by atoms with Crippen molar-refractivity contribution in [3.63, 3.8) is 0 Å². The molecule has 140 valence electrons. The summed E-state index contributed by atoms with van der Waals surface area (Å²) in [6.45, 7) is 0. The molecule has 1 aliphatic rings. The van der Waals surface area contributed by atoms with Crippen LogP contribution in [0, 0.1) is 0 Å². The number of nitrogens with zero attached hydrogens (tertiary/aromatic N) is 2. The fourth-order valence-corrected chi connectivity index (χ4v) is 3.47. The Morgan fingerprint density at radius 2 is 1.36 bits per heavy atom. The second-order valence-corrected chi connectivity index (χ2v) is 6.83. The number of allylic oxidation sites excluding steroid dienone is 2. The van der Waals surface area contributed by atoms with E-state index in [-0.39, 0.29) is 17.2 Å². The summed E-state index contributed by atoms with van der Waals surface area (Å²) in [5.74, 6) is 0.244. The lowest BCUT2D eigenvalue weighted by atomic mass is 9.99. The Hall–Kier alpha value is -3.60. The molecule has 4 rings (SSSR count). The highest BCUT2D eigenvalue weighted by Crippen LogP contribution is 2.29. The summed E-state index contributed by atoms with van der Waals surface area (Å²) in [6, 6.07) is 17.6. The zero-order valence-corrected chi connectivity index (χ0v) is 15.8. The molecular weight excluding hydrogens is 350 g/mol. The minimum Gasteiger partial charge on any atom is -0.341 e. The number of benzene rings is 2. The second-order valence-electron chi connectivity index (χ2n) is 6.83. The first kappa shape index (κ1) is 17.8. The van der Waals surface area contributed by atoms with E-state index in [4.69, 9.17) is 0 Å². The summed E-state index contributed by atoms with van der Waals surface area (Å²) in [6.07, 6.45) is 8.05. The fourth-order valence-electron chi connectivity index (χ4n) is 3.47. The Balaban J connectivity index is 1.89. The molecule has 5 nitrogen and oxygen atoms in total. The Labute approximate surface area is 162 Å². The first-order valence-corrected chi connectivity index (χ1v) is 9.13. The SMILES string of the molecule is Cn1c(Nc2ccccc2)c(C2C=Cc3ccccc3C=C2)c(=O)n(C)c1=O. The van der Waals surface area contributed by atoms with Crippen LogP contribution in [0.25, 0.3) is 12.2 Å². The van der Waals surface area contributed by atoms with Gasteiger partial charge in [-0.3, -0.25) is 13.9 Å². The first-order chi connectivity index (χ1) is 13.6. The van der Waals surface area contributed by atoms with E-state index in [0.717, 1.165) is 21.4 Å². The monoisotopic (exact) mass is 371 g/mol. The van der Waals surface area contributed by atoms with Crippen LogP contribution < -0.4 is 16.6 Å². The Kier molecular flexibility index (Phi) is 4.57. The molecule has 0 saturated carbocycles. The smallest absolute Gasteiger partial charge is 0.332 e. The number of nitrogens with one attached hydrogen (secondary N) is 1. The number of anilines is 2. The van der Waals surface area contributed by atoms with Crippen LogP contribution in [-0.2, 0) is 14.1 Å². The average molecular weight is 371 g/mol. The van der Waals surface area contributed by atoms with Gasteiger partial charge in [-0.25, -0.2) is 4.79 Å². The van der Waals surface area contributed by atoms with Crippen LogP contribution in [0.1, 0.15) is 22.6 Å². The van der Waals surface area contributed by atoms with E-state index >= 15 is 0 Å². The summed E-state index contributed by atoms with van der Waals surface area (Å²) in [5.41, 5.74) is 2.88. The van der Waals surface area contributed by atoms with E-state index in [1.165, 1.54) is 11.6 Å². The van der Waals surface area contributed by atoms with Crippen molar-refractivity contribution in [2.24, 2.45) is 14.1 Å². The molecule has 3 aromatic rings. The molecule has 1 heterocycles. The molecule has 0 saturated heterocycles. The van der Waals surface area contributed by atoms with Crippen LogP contribution in [0.15, 0.2) is 76.3 Å². The van der Waals surface area contributed by atoms with Crippen LogP contribution in [0.4, 0.5) is 11.5 Å². The molecule has 28 heavy (non-hydrogen) atoms. The molecule has 1 N–H and O–H groups in total. The van der Waals surface area contributed by atoms with E-state index in [0.29, 0.717) is 11.4 Å². The summed E-state index contributed by atoms with van der Waals surface area (Å²) < 4.78 is 2.65. The van der Waals surface area contributed by atoms with Crippen molar-refractivity contribution in [3.8, 4) is 0 Å². The van der Waals surface area contributed by atoms with Crippen molar-refractivity contribution in [1.29, 1.82) is 0 Å². The van der Waals surface area contributed by atoms with Gasteiger partial charge in [-0.05, 0) is 23.3 Å². The lowest BCUT2D eigenvalue weighted by molar-refractivity contribution is 0.676. The standard InChI is InChI=1S/C23H21N3O2/c1-25-21(24-19-10-4-3-5-11-19)20(22(27)26(2)23(25)28)18-14-12-16-8-6-7-9-17(16)13-15-18/h3-15,18,24H,1-2H3. The van der Waals surface area contributed by atoms with Crippen LogP contribution in [-0.4, -0.2) is 9.13 Å². The maximum absolute atomic E-state index is 13.1. The molecule has 0 bridgehead atoms. The summed E-state index contributed by atoms with van der Waals surface area (Å²) in [4.78, 5) is 25.6. The maximum Gasteiger partial charge on any atom is 0.332 e. The highest BCUT2D eigenvalue weighted by atomic mass is 16.2. The zero-order valence-electron chi connectivity index (χ0n) is 15.8.